The highest BCUT2D eigenvalue weighted by atomic mass is 127. The number of nitrogens with one attached hydrogen (secondary N) is 1. The maximum atomic E-state index is 12.6. The fourth-order valence-electron chi connectivity index (χ4n) is 3.30. The Morgan fingerprint density at radius 3 is 2.46 bits per heavy atom. The van der Waals surface area contributed by atoms with E-state index in [4.69, 9.17) is 4.74 Å². The van der Waals surface area contributed by atoms with Gasteiger partial charge < -0.3 is 15.0 Å². The zero-order valence-electron chi connectivity index (χ0n) is 15.2. The summed E-state index contributed by atoms with van der Waals surface area (Å²) < 4.78 is 54.4. The first-order valence-electron chi connectivity index (χ1n) is 8.61. The van der Waals surface area contributed by atoms with Crippen molar-refractivity contribution in [3.05, 3.63) is 0 Å². The largest absolute Gasteiger partial charge is 0.381 e. The Hall–Kier alpha value is -0.270. The predicted molar refractivity (Wildman–Crippen MR) is 108 cm³/mol. The van der Waals surface area contributed by atoms with Crippen molar-refractivity contribution in [2.24, 2.45) is 16.8 Å². The Kier molecular flexibility index (Phi) is 9.97. The van der Waals surface area contributed by atoms with Crippen molar-refractivity contribution in [2.75, 3.05) is 53.5 Å². The third kappa shape index (κ3) is 6.41. The van der Waals surface area contributed by atoms with Gasteiger partial charge in [-0.15, -0.1) is 24.0 Å². The van der Waals surface area contributed by atoms with Crippen LogP contribution in [-0.4, -0.2) is 82.8 Å². The highest BCUT2D eigenvalue weighted by molar-refractivity contribution is 14.0. The first-order valence-corrected chi connectivity index (χ1v) is 10.1. The summed E-state index contributed by atoms with van der Waals surface area (Å²) in [6, 6.07) is 0. The average molecular weight is 510 g/mol. The van der Waals surface area contributed by atoms with Crippen LogP contribution in [-0.2, 0) is 14.8 Å². The van der Waals surface area contributed by atoms with E-state index in [-0.39, 0.29) is 43.0 Å². The number of hydrogen-bond donors (Lipinski definition) is 1. The van der Waals surface area contributed by atoms with Crippen molar-refractivity contribution in [2.45, 2.75) is 25.0 Å². The molecule has 2 rings (SSSR count). The van der Waals surface area contributed by atoms with Crippen LogP contribution >= 0.6 is 24.0 Å². The molecule has 26 heavy (non-hydrogen) atoms. The summed E-state index contributed by atoms with van der Waals surface area (Å²) in [6.45, 7) is 3.40. The molecule has 0 radical (unpaired) electrons. The topological polar surface area (TPSA) is 74.2 Å². The molecule has 0 amide bonds. The SMILES string of the molecule is CN=C(NCC1CCN(S(=O)(=O)C(F)F)CC1)N(C)CC1CCOC1.I. The molecular weight excluding hydrogens is 481 g/mol. The second kappa shape index (κ2) is 10.9. The molecule has 7 nitrogen and oxygen atoms in total. The van der Waals surface area contributed by atoms with E-state index < -0.39 is 15.8 Å². The Labute approximate surface area is 171 Å². The van der Waals surface area contributed by atoms with Gasteiger partial charge in [0.25, 0.3) is 10.0 Å². The molecule has 0 aromatic carbocycles. The second-order valence-corrected chi connectivity index (χ2v) is 8.59. The summed E-state index contributed by atoms with van der Waals surface area (Å²) in [5.41, 5.74) is 0. The standard InChI is InChI=1S/C15H28F2N4O3S.HI/c1-18-15(20(2)10-13-5-8-24-11-13)19-9-12-3-6-21(7-4-12)25(22,23)14(16)17;/h12-14H,3-11H2,1-2H3,(H,18,19);1H. The van der Waals surface area contributed by atoms with E-state index in [1.54, 1.807) is 7.05 Å². The number of halogens is 3. The van der Waals surface area contributed by atoms with Gasteiger partial charge in [0, 0.05) is 52.8 Å². The summed E-state index contributed by atoms with van der Waals surface area (Å²) in [5.74, 6) is -1.81. The van der Waals surface area contributed by atoms with Crippen LogP contribution in [0.3, 0.4) is 0 Å². The lowest BCUT2D eigenvalue weighted by molar-refractivity contribution is 0.181. The Morgan fingerprint density at radius 2 is 1.96 bits per heavy atom. The molecule has 1 N–H and O–H groups in total. The van der Waals surface area contributed by atoms with Crippen molar-refractivity contribution in [3.63, 3.8) is 0 Å². The third-order valence-corrected chi connectivity index (χ3v) is 6.37. The van der Waals surface area contributed by atoms with Crippen LogP contribution in [0.2, 0.25) is 0 Å². The number of piperidine rings is 1. The third-order valence-electron chi connectivity index (χ3n) is 4.84. The minimum atomic E-state index is -4.45. The zero-order chi connectivity index (χ0) is 18.4. The molecule has 0 spiro atoms. The number of aliphatic imine (C=N–C) groups is 1. The first kappa shape index (κ1) is 23.8. The molecule has 2 saturated heterocycles. The number of rotatable bonds is 6. The van der Waals surface area contributed by atoms with Gasteiger partial charge in [0.15, 0.2) is 5.96 Å². The van der Waals surface area contributed by atoms with Crippen LogP contribution in [0.4, 0.5) is 8.78 Å². The Morgan fingerprint density at radius 1 is 1.31 bits per heavy atom. The Bertz CT molecular complexity index is 551. The molecule has 2 aliphatic heterocycles. The predicted octanol–water partition coefficient (Wildman–Crippen LogP) is 1.41. The van der Waals surface area contributed by atoms with E-state index in [9.17, 15) is 17.2 Å². The van der Waals surface area contributed by atoms with Gasteiger partial charge in [0.1, 0.15) is 0 Å². The number of ether oxygens (including phenoxy) is 1. The van der Waals surface area contributed by atoms with E-state index in [0.29, 0.717) is 25.3 Å². The van der Waals surface area contributed by atoms with Crippen LogP contribution in [0, 0.1) is 11.8 Å². The van der Waals surface area contributed by atoms with Crippen LogP contribution < -0.4 is 5.32 Å². The van der Waals surface area contributed by atoms with Crippen molar-refractivity contribution in [1.82, 2.24) is 14.5 Å². The molecular formula is C15H29F2IN4O3S. The zero-order valence-corrected chi connectivity index (χ0v) is 18.4. The average Bonchev–Trinajstić information content (AvgIpc) is 3.08. The van der Waals surface area contributed by atoms with Gasteiger partial charge in [-0.2, -0.15) is 13.1 Å². The van der Waals surface area contributed by atoms with Crippen molar-refractivity contribution in [1.29, 1.82) is 0 Å². The smallest absolute Gasteiger partial charge is 0.350 e. The molecule has 0 aromatic heterocycles. The number of sulfonamides is 1. The first-order chi connectivity index (χ1) is 11.8. The van der Waals surface area contributed by atoms with Crippen LogP contribution in [0.15, 0.2) is 4.99 Å². The quantitative estimate of drug-likeness (QED) is 0.333. The molecule has 0 aromatic rings. The molecule has 1 unspecified atom stereocenters. The van der Waals surface area contributed by atoms with E-state index in [1.807, 2.05) is 7.05 Å². The van der Waals surface area contributed by atoms with Gasteiger partial charge in [0.05, 0.1) is 6.61 Å². The summed E-state index contributed by atoms with van der Waals surface area (Å²) in [4.78, 5) is 6.34. The van der Waals surface area contributed by atoms with Crippen LogP contribution in [0.25, 0.3) is 0 Å². The highest BCUT2D eigenvalue weighted by Gasteiger charge is 2.34. The number of nitrogens with zero attached hydrogens (tertiary/aromatic N) is 3. The second-order valence-electron chi connectivity index (χ2n) is 6.69. The van der Waals surface area contributed by atoms with Gasteiger partial charge in [-0.1, -0.05) is 0 Å². The molecule has 0 saturated carbocycles. The number of alkyl halides is 2. The summed E-state index contributed by atoms with van der Waals surface area (Å²) in [5, 5.41) is 3.31. The molecule has 0 aliphatic carbocycles. The lowest BCUT2D eigenvalue weighted by Gasteiger charge is -2.32. The van der Waals surface area contributed by atoms with Crippen molar-refractivity contribution >= 4 is 40.0 Å². The molecule has 11 heteroatoms. The van der Waals surface area contributed by atoms with Crippen LogP contribution in [0.1, 0.15) is 19.3 Å². The van der Waals surface area contributed by atoms with Gasteiger partial charge in [-0.25, -0.2) is 8.42 Å². The van der Waals surface area contributed by atoms with E-state index in [2.05, 4.69) is 15.2 Å². The van der Waals surface area contributed by atoms with Gasteiger partial charge in [-0.05, 0) is 25.2 Å². The van der Waals surface area contributed by atoms with Crippen molar-refractivity contribution < 1.29 is 21.9 Å². The molecule has 154 valence electrons. The summed E-state index contributed by atoms with van der Waals surface area (Å²) in [6.07, 6.45) is 2.19. The minimum absolute atomic E-state index is 0. The Balaban J connectivity index is 0.00000338. The maximum Gasteiger partial charge on any atom is 0.350 e. The number of hydrogen-bond acceptors (Lipinski definition) is 4. The van der Waals surface area contributed by atoms with E-state index >= 15 is 0 Å². The monoisotopic (exact) mass is 510 g/mol. The van der Waals surface area contributed by atoms with E-state index in [1.165, 1.54) is 0 Å². The van der Waals surface area contributed by atoms with Gasteiger partial charge in [-0.3, -0.25) is 4.99 Å². The lowest BCUT2D eigenvalue weighted by Crippen LogP contribution is -2.46. The molecule has 1 atom stereocenters. The molecule has 0 bridgehead atoms. The van der Waals surface area contributed by atoms with Gasteiger partial charge >= 0.3 is 5.76 Å². The fourth-order valence-corrected chi connectivity index (χ4v) is 4.25. The van der Waals surface area contributed by atoms with Crippen molar-refractivity contribution in [3.8, 4) is 0 Å². The normalized spacial score (nSPS) is 23.1. The molecule has 2 aliphatic rings. The van der Waals surface area contributed by atoms with Gasteiger partial charge in [0.2, 0.25) is 0 Å². The number of guanidine groups is 1. The fraction of sp³-hybridized carbons (Fsp3) is 0.933. The molecule has 2 heterocycles. The van der Waals surface area contributed by atoms with E-state index in [0.717, 1.165) is 36.4 Å². The summed E-state index contributed by atoms with van der Waals surface area (Å²) in [7, 11) is -0.749. The highest BCUT2D eigenvalue weighted by Crippen LogP contribution is 2.22. The molecule has 2 fully saturated rings. The van der Waals surface area contributed by atoms with Crippen LogP contribution in [0.5, 0.6) is 0 Å². The summed E-state index contributed by atoms with van der Waals surface area (Å²) >= 11 is 0. The maximum absolute atomic E-state index is 12.6. The minimum Gasteiger partial charge on any atom is -0.381 e. The lowest BCUT2D eigenvalue weighted by atomic mass is 9.98.